The number of nitrogens with zero attached hydrogens (tertiary/aromatic N) is 2. The molecule has 0 fully saturated rings. The maximum atomic E-state index is 13.8. The largest absolute Gasteiger partial charge is 0.453 e. The Morgan fingerprint density at radius 1 is 1.23 bits per heavy atom. The fraction of sp³-hybridized carbons (Fsp3) is 0.222. The molecule has 3 aromatic heterocycles. The maximum absolute atomic E-state index is 13.8. The van der Waals surface area contributed by atoms with Crippen molar-refractivity contribution < 1.29 is 9.21 Å². The molecule has 1 atom stereocenters. The molecular weight excluding hydrogens is 544 g/mol. The molecule has 0 radical (unpaired) electrons. The number of aromatic nitrogens is 2. The van der Waals surface area contributed by atoms with E-state index < -0.39 is 0 Å². The minimum atomic E-state index is -0.143. The van der Waals surface area contributed by atoms with Crippen LogP contribution in [0, 0.1) is 5.92 Å². The second-order valence-corrected chi connectivity index (χ2v) is 11.8. The Morgan fingerprint density at radius 2 is 2.06 bits per heavy atom. The number of furan rings is 1. The molecule has 1 aliphatic carbocycles. The Hall–Kier alpha value is -2.68. The summed E-state index contributed by atoms with van der Waals surface area (Å²) in [6.45, 7) is 2.26. The minimum Gasteiger partial charge on any atom is -0.453 e. The van der Waals surface area contributed by atoms with E-state index in [1.807, 2.05) is 48.5 Å². The van der Waals surface area contributed by atoms with Crippen LogP contribution in [-0.4, -0.2) is 21.1 Å². The first-order chi connectivity index (χ1) is 17.0. The third-order valence-corrected chi connectivity index (χ3v) is 8.98. The van der Waals surface area contributed by atoms with E-state index in [-0.39, 0.29) is 17.1 Å². The first-order valence-corrected chi connectivity index (χ1v) is 14.1. The van der Waals surface area contributed by atoms with Crippen molar-refractivity contribution in [3.05, 3.63) is 85.6 Å². The van der Waals surface area contributed by atoms with E-state index >= 15 is 0 Å². The summed E-state index contributed by atoms with van der Waals surface area (Å²) in [5.74, 6) is 0.896. The zero-order valence-corrected chi connectivity index (χ0v) is 22.1. The molecule has 5 nitrogen and oxygen atoms in total. The molecule has 0 N–H and O–H groups in total. The van der Waals surface area contributed by atoms with E-state index in [1.54, 1.807) is 22.0 Å². The second kappa shape index (κ2) is 9.08. The number of carbonyl (C=O) groups is 1. The molecule has 0 aliphatic heterocycles. The summed E-state index contributed by atoms with van der Waals surface area (Å²) in [6, 6.07) is 16.9. The number of hydrogen-bond donors (Lipinski definition) is 0. The quantitative estimate of drug-likeness (QED) is 0.130. The molecule has 176 valence electrons. The van der Waals surface area contributed by atoms with Crippen LogP contribution in [0.1, 0.15) is 34.3 Å². The van der Waals surface area contributed by atoms with E-state index in [1.165, 1.54) is 16.6 Å². The number of rotatable bonds is 5. The first kappa shape index (κ1) is 22.8. The van der Waals surface area contributed by atoms with Crippen molar-refractivity contribution >= 4 is 66.0 Å². The lowest BCUT2D eigenvalue weighted by Gasteiger charge is -2.17. The van der Waals surface area contributed by atoms with Crippen LogP contribution < -0.4 is 5.56 Å². The van der Waals surface area contributed by atoms with Gasteiger partial charge in [0.15, 0.2) is 10.9 Å². The molecule has 1 unspecified atom stereocenters. The van der Waals surface area contributed by atoms with E-state index in [9.17, 15) is 9.59 Å². The highest BCUT2D eigenvalue weighted by Gasteiger charge is 2.25. The van der Waals surface area contributed by atoms with Gasteiger partial charge in [-0.1, -0.05) is 52.8 Å². The Morgan fingerprint density at radius 3 is 2.89 bits per heavy atom. The molecule has 0 saturated carbocycles. The number of aryl methyl sites for hydroxylation is 1. The summed E-state index contributed by atoms with van der Waals surface area (Å²) in [7, 11) is 0. The molecule has 8 heteroatoms. The fourth-order valence-corrected chi connectivity index (χ4v) is 7.31. The number of halogens is 1. The summed E-state index contributed by atoms with van der Waals surface area (Å²) >= 11 is 6.35. The van der Waals surface area contributed by atoms with Crippen LogP contribution in [0.4, 0.5) is 0 Å². The predicted molar refractivity (Wildman–Crippen MR) is 145 cm³/mol. The summed E-state index contributed by atoms with van der Waals surface area (Å²) in [5.41, 5.74) is 2.52. The van der Waals surface area contributed by atoms with E-state index in [0.29, 0.717) is 22.4 Å². The van der Waals surface area contributed by atoms with Gasteiger partial charge in [-0.05, 0) is 67.1 Å². The lowest BCUT2D eigenvalue weighted by atomic mass is 9.89. The normalized spacial score (nSPS) is 15.5. The van der Waals surface area contributed by atoms with Crippen LogP contribution in [0.25, 0.3) is 26.9 Å². The average Bonchev–Trinajstić information content (AvgIpc) is 3.43. The Kier molecular flexibility index (Phi) is 5.90. The van der Waals surface area contributed by atoms with Gasteiger partial charge in [-0.25, -0.2) is 4.98 Å². The first-order valence-electron chi connectivity index (χ1n) is 11.5. The van der Waals surface area contributed by atoms with E-state index in [0.717, 1.165) is 50.6 Å². The molecule has 0 bridgehead atoms. The SMILES string of the molecule is CC1CCc2c(sc3nc(SCC(=O)c4cc5cc(Br)ccc5o4)n(-c4ccccc4)c(=O)c23)C1. The predicted octanol–water partition coefficient (Wildman–Crippen LogP) is 7.06. The standard InChI is InChI=1S/C27H21BrN2O3S2/c1-15-7-9-19-23(11-15)35-25-24(19)26(32)30(18-5-3-2-4-6-18)27(29-25)34-14-20(31)22-13-16-12-17(28)8-10-21(16)33-22/h2-6,8,10,12-13,15H,7,9,11,14H2,1H3. The number of fused-ring (bicyclic) bond motifs is 4. The number of carbonyl (C=O) groups excluding carboxylic acids is 1. The van der Waals surface area contributed by atoms with Gasteiger partial charge >= 0.3 is 0 Å². The van der Waals surface area contributed by atoms with Gasteiger partial charge in [0.1, 0.15) is 10.4 Å². The number of thioether (sulfide) groups is 1. The monoisotopic (exact) mass is 564 g/mol. The molecular formula is C27H21BrN2O3S2. The molecule has 35 heavy (non-hydrogen) atoms. The van der Waals surface area contributed by atoms with Crippen LogP contribution in [0.15, 0.2) is 73.4 Å². The summed E-state index contributed by atoms with van der Waals surface area (Å²) in [5, 5.41) is 2.12. The topological polar surface area (TPSA) is 65.1 Å². The van der Waals surface area contributed by atoms with Gasteiger partial charge in [0.2, 0.25) is 5.78 Å². The summed E-state index contributed by atoms with van der Waals surface area (Å²) in [4.78, 5) is 33.8. The molecule has 6 rings (SSSR count). The molecule has 0 amide bonds. The number of Topliss-reactive ketones (excluding diaryl/α,β-unsaturated/α-hetero) is 1. The maximum Gasteiger partial charge on any atom is 0.267 e. The number of ketones is 1. The van der Waals surface area contributed by atoms with Crippen LogP contribution in [0.3, 0.4) is 0 Å². The second-order valence-electron chi connectivity index (χ2n) is 8.91. The van der Waals surface area contributed by atoms with Gasteiger partial charge in [0.25, 0.3) is 5.56 Å². The number of thiophene rings is 1. The summed E-state index contributed by atoms with van der Waals surface area (Å²) < 4.78 is 8.36. The molecule has 1 aliphatic rings. The van der Waals surface area contributed by atoms with Crippen LogP contribution >= 0.6 is 39.0 Å². The van der Waals surface area contributed by atoms with Crippen LogP contribution in [0.2, 0.25) is 0 Å². The smallest absolute Gasteiger partial charge is 0.267 e. The molecule has 5 aromatic rings. The zero-order chi connectivity index (χ0) is 24.1. The number of benzene rings is 2. The van der Waals surface area contributed by atoms with E-state index in [4.69, 9.17) is 9.40 Å². The van der Waals surface area contributed by atoms with Gasteiger partial charge < -0.3 is 4.42 Å². The highest BCUT2D eigenvalue weighted by atomic mass is 79.9. The fourth-order valence-electron chi connectivity index (χ4n) is 4.63. The van der Waals surface area contributed by atoms with E-state index in [2.05, 4.69) is 22.9 Å². The van der Waals surface area contributed by atoms with Crippen molar-refractivity contribution in [2.45, 2.75) is 31.3 Å². The number of para-hydroxylation sites is 1. The molecule has 0 saturated heterocycles. The van der Waals surface area contributed by atoms with Crippen molar-refractivity contribution in [3.8, 4) is 5.69 Å². The third-order valence-electron chi connectivity index (χ3n) is 6.40. The van der Waals surface area contributed by atoms with Gasteiger partial charge in [0, 0.05) is 14.7 Å². The molecule has 0 spiro atoms. The van der Waals surface area contributed by atoms with Crippen molar-refractivity contribution in [2.24, 2.45) is 5.92 Å². The van der Waals surface area contributed by atoms with Gasteiger partial charge in [-0.15, -0.1) is 11.3 Å². The summed E-state index contributed by atoms with van der Waals surface area (Å²) in [6.07, 6.45) is 2.99. The van der Waals surface area contributed by atoms with Crippen molar-refractivity contribution in [3.63, 3.8) is 0 Å². The Labute approximate surface area is 218 Å². The van der Waals surface area contributed by atoms with Crippen LogP contribution in [-0.2, 0) is 12.8 Å². The van der Waals surface area contributed by atoms with Crippen molar-refractivity contribution in [1.82, 2.24) is 9.55 Å². The van der Waals surface area contributed by atoms with Gasteiger partial charge in [-0.3, -0.25) is 14.2 Å². The molecule has 2 aromatic carbocycles. The third kappa shape index (κ3) is 4.17. The van der Waals surface area contributed by atoms with Crippen molar-refractivity contribution in [2.75, 3.05) is 5.75 Å². The average molecular weight is 566 g/mol. The Balaban J connectivity index is 1.40. The highest BCUT2D eigenvalue weighted by molar-refractivity contribution is 9.10. The van der Waals surface area contributed by atoms with Crippen LogP contribution in [0.5, 0.6) is 0 Å². The Bertz CT molecular complexity index is 1650. The zero-order valence-electron chi connectivity index (χ0n) is 18.9. The lowest BCUT2D eigenvalue weighted by Crippen LogP contribution is -2.23. The van der Waals surface area contributed by atoms with Gasteiger partial charge in [0.05, 0.1) is 16.8 Å². The van der Waals surface area contributed by atoms with Crippen molar-refractivity contribution in [1.29, 1.82) is 0 Å². The number of hydrogen-bond acceptors (Lipinski definition) is 6. The van der Waals surface area contributed by atoms with Gasteiger partial charge in [-0.2, -0.15) is 0 Å². The lowest BCUT2D eigenvalue weighted by molar-refractivity contribution is 0.0994. The minimum absolute atomic E-state index is 0.0585. The highest BCUT2D eigenvalue weighted by Crippen LogP contribution is 2.37. The molecule has 3 heterocycles.